The predicted octanol–water partition coefficient (Wildman–Crippen LogP) is 1.61. The fourth-order valence-corrected chi connectivity index (χ4v) is 2.98. The van der Waals surface area contributed by atoms with Crippen LogP contribution in [0.15, 0.2) is 18.2 Å². The van der Waals surface area contributed by atoms with E-state index < -0.39 is 6.09 Å². The van der Waals surface area contributed by atoms with Crippen molar-refractivity contribution >= 4 is 12.1 Å². The molecule has 0 aromatic heterocycles. The first kappa shape index (κ1) is 17.3. The van der Waals surface area contributed by atoms with Crippen LogP contribution in [0.1, 0.15) is 12.0 Å². The number of likely N-dealkylation sites (tertiary alicyclic amines) is 1. The number of carbonyl (C=O) groups is 2. The van der Waals surface area contributed by atoms with E-state index in [-0.39, 0.29) is 24.0 Å². The molecule has 0 bridgehead atoms. The molecule has 8 heteroatoms. The van der Waals surface area contributed by atoms with Gasteiger partial charge in [0.05, 0.1) is 12.6 Å². The molecule has 1 fully saturated rings. The van der Waals surface area contributed by atoms with E-state index in [0.29, 0.717) is 38.3 Å². The van der Waals surface area contributed by atoms with E-state index in [1.165, 1.54) is 17.0 Å². The highest BCUT2D eigenvalue weighted by Crippen LogP contribution is 2.25. The third-order valence-corrected chi connectivity index (χ3v) is 4.32. The molecule has 0 saturated carbocycles. The summed E-state index contributed by atoms with van der Waals surface area (Å²) in [6, 6.07) is 3.95. The molecule has 25 heavy (non-hydrogen) atoms. The molecule has 1 aromatic carbocycles. The lowest BCUT2D eigenvalue weighted by molar-refractivity contribution is 0.0788. The molecule has 2 heterocycles. The maximum Gasteiger partial charge on any atom is 0.409 e. The van der Waals surface area contributed by atoms with Gasteiger partial charge in [0.1, 0.15) is 24.3 Å². The van der Waals surface area contributed by atoms with E-state index >= 15 is 0 Å². The summed E-state index contributed by atoms with van der Waals surface area (Å²) in [5.74, 6) is 0.336. The summed E-state index contributed by atoms with van der Waals surface area (Å²) >= 11 is 0. The van der Waals surface area contributed by atoms with Crippen LogP contribution in [0.5, 0.6) is 5.75 Å². The fraction of sp³-hybridized carbons (Fsp3) is 0.529. The smallest absolute Gasteiger partial charge is 0.409 e. The summed E-state index contributed by atoms with van der Waals surface area (Å²) in [5, 5.41) is 2.91. The molecule has 2 atom stereocenters. The largest absolute Gasteiger partial charge is 0.491 e. The first-order valence-electron chi connectivity index (χ1n) is 8.27. The maximum atomic E-state index is 13.3. The van der Waals surface area contributed by atoms with E-state index in [4.69, 9.17) is 9.47 Å². The molecule has 2 aliphatic heterocycles. The van der Waals surface area contributed by atoms with Gasteiger partial charge in [-0.3, -0.25) is 0 Å². The third-order valence-electron chi connectivity index (χ3n) is 4.32. The van der Waals surface area contributed by atoms with Gasteiger partial charge in [-0.05, 0) is 30.2 Å². The lowest BCUT2D eigenvalue weighted by atomic mass is 10.0. The van der Waals surface area contributed by atoms with Crippen molar-refractivity contribution < 1.29 is 23.5 Å². The molecule has 136 valence electrons. The quantitative estimate of drug-likeness (QED) is 0.879. The zero-order valence-electron chi connectivity index (χ0n) is 14.3. The van der Waals surface area contributed by atoms with E-state index in [0.717, 1.165) is 5.56 Å². The topological polar surface area (TPSA) is 71.1 Å². The molecule has 0 spiro atoms. The lowest BCUT2D eigenvalue weighted by Gasteiger charge is -2.28. The molecular weight excluding hydrogens is 329 g/mol. The number of nitrogens with one attached hydrogen (secondary N) is 1. The highest BCUT2D eigenvalue weighted by molar-refractivity contribution is 5.75. The number of amides is 3. The van der Waals surface area contributed by atoms with Gasteiger partial charge in [-0.1, -0.05) is 0 Å². The number of carbonyl (C=O) groups excluding carboxylic acids is 2. The van der Waals surface area contributed by atoms with E-state index in [1.54, 1.807) is 25.1 Å². The van der Waals surface area contributed by atoms with Gasteiger partial charge >= 0.3 is 12.1 Å². The number of rotatable bonds is 2. The molecule has 0 aliphatic carbocycles. The molecule has 1 aromatic rings. The van der Waals surface area contributed by atoms with Crippen molar-refractivity contribution in [1.82, 2.24) is 15.1 Å². The number of nitrogens with zero attached hydrogens (tertiary/aromatic N) is 2. The second-order valence-electron chi connectivity index (χ2n) is 6.55. The van der Waals surface area contributed by atoms with Crippen LogP contribution < -0.4 is 10.1 Å². The van der Waals surface area contributed by atoms with E-state index in [9.17, 15) is 14.0 Å². The molecule has 2 aliphatic rings. The number of halogens is 1. The Balaban J connectivity index is 1.51. The van der Waals surface area contributed by atoms with Crippen molar-refractivity contribution in [2.24, 2.45) is 0 Å². The van der Waals surface area contributed by atoms with Crippen LogP contribution in [-0.4, -0.2) is 67.9 Å². The third kappa shape index (κ3) is 4.12. The fourth-order valence-electron chi connectivity index (χ4n) is 2.98. The maximum absolute atomic E-state index is 13.3. The van der Waals surface area contributed by atoms with Crippen molar-refractivity contribution in [3.05, 3.63) is 29.6 Å². The van der Waals surface area contributed by atoms with Gasteiger partial charge in [0.25, 0.3) is 0 Å². The SMILES string of the molecule is CN(C)C(=O)OC1CCN(C(=O)NC2COc3ccc(F)cc3C2)C1. The standard InChI is InChI=1S/C17H22FN3O4/c1-20(2)17(23)25-14-5-6-21(9-14)16(22)19-13-8-11-7-12(18)3-4-15(11)24-10-13/h3-4,7,13-14H,5-6,8-10H2,1-2H3,(H,19,22). The highest BCUT2D eigenvalue weighted by Gasteiger charge is 2.31. The normalized spacial score (nSPS) is 22.0. The van der Waals surface area contributed by atoms with Gasteiger partial charge < -0.3 is 24.6 Å². The summed E-state index contributed by atoms with van der Waals surface area (Å²) in [6.07, 6.45) is 0.429. The first-order chi connectivity index (χ1) is 11.9. The second-order valence-corrected chi connectivity index (χ2v) is 6.55. The summed E-state index contributed by atoms with van der Waals surface area (Å²) in [5.41, 5.74) is 0.746. The summed E-state index contributed by atoms with van der Waals surface area (Å²) < 4.78 is 24.2. The molecule has 1 saturated heterocycles. The Morgan fingerprint density at radius 1 is 1.40 bits per heavy atom. The minimum Gasteiger partial charge on any atom is -0.491 e. The molecule has 3 amide bonds. The monoisotopic (exact) mass is 351 g/mol. The van der Waals surface area contributed by atoms with Gasteiger partial charge in [-0.15, -0.1) is 0 Å². The van der Waals surface area contributed by atoms with Crippen molar-refractivity contribution in [1.29, 1.82) is 0 Å². The van der Waals surface area contributed by atoms with Gasteiger partial charge in [0.15, 0.2) is 0 Å². The molecule has 1 N–H and O–H groups in total. The van der Waals surface area contributed by atoms with Crippen molar-refractivity contribution in [2.45, 2.75) is 25.0 Å². The van der Waals surface area contributed by atoms with Crippen LogP contribution in [0.3, 0.4) is 0 Å². The van der Waals surface area contributed by atoms with Crippen LogP contribution in [0.4, 0.5) is 14.0 Å². The van der Waals surface area contributed by atoms with E-state index in [1.807, 2.05) is 0 Å². The zero-order chi connectivity index (χ0) is 18.0. The Labute approximate surface area is 145 Å². The number of benzene rings is 1. The Hall–Kier alpha value is -2.51. The summed E-state index contributed by atoms with van der Waals surface area (Å²) in [6.45, 7) is 1.23. The molecular formula is C17H22FN3O4. The minimum absolute atomic E-state index is 0.217. The first-order valence-corrected chi connectivity index (χ1v) is 8.27. The lowest BCUT2D eigenvalue weighted by Crippen LogP contribution is -2.48. The molecule has 2 unspecified atom stereocenters. The Morgan fingerprint density at radius 3 is 2.96 bits per heavy atom. The van der Waals surface area contributed by atoms with Crippen molar-refractivity contribution in [3.63, 3.8) is 0 Å². The second kappa shape index (κ2) is 7.16. The predicted molar refractivity (Wildman–Crippen MR) is 88.1 cm³/mol. The van der Waals surface area contributed by atoms with Crippen LogP contribution >= 0.6 is 0 Å². The summed E-state index contributed by atoms with van der Waals surface area (Å²) in [7, 11) is 3.23. The molecule has 0 radical (unpaired) electrons. The molecule has 7 nitrogen and oxygen atoms in total. The number of hydrogen-bond acceptors (Lipinski definition) is 4. The minimum atomic E-state index is -0.411. The number of fused-ring (bicyclic) bond motifs is 1. The zero-order valence-corrected chi connectivity index (χ0v) is 14.3. The van der Waals surface area contributed by atoms with Gasteiger partial charge in [-0.2, -0.15) is 0 Å². The van der Waals surface area contributed by atoms with Crippen molar-refractivity contribution in [3.8, 4) is 5.75 Å². The van der Waals surface area contributed by atoms with Crippen LogP contribution in [0.25, 0.3) is 0 Å². The summed E-state index contributed by atoms with van der Waals surface area (Å²) in [4.78, 5) is 26.9. The Morgan fingerprint density at radius 2 is 2.20 bits per heavy atom. The number of urea groups is 1. The van der Waals surface area contributed by atoms with Crippen LogP contribution in [-0.2, 0) is 11.2 Å². The number of hydrogen-bond donors (Lipinski definition) is 1. The van der Waals surface area contributed by atoms with Crippen LogP contribution in [0, 0.1) is 5.82 Å². The van der Waals surface area contributed by atoms with E-state index in [2.05, 4.69) is 5.32 Å². The average molecular weight is 351 g/mol. The van der Waals surface area contributed by atoms with Gasteiger partial charge in [0, 0.05) is 27.1 Å². The number of ether oxygens (including phenoxy) is 2. The average Bonchev–Trinajstić information content (AvgIpc) is 3.03. The van der Waals surface area contributed by atoms with Crippen LogP contribution in [0.2, 0.25) is 0 Å². The van der Waals surface area contributed by atoms with Crippen molar-refractivity contribution in [2.75, 3.05) is 33.8 Å². The Kier molecular flexibility index (Phi) is 4.96. The molecule has 3 rings (SSSR count). The van der Waals surface area contributed by atoms with Gasteiger partial charge in [-0.25, -0.2) is 14.0 Å². The Bertz CT molecular complexity index is 667. The highest BCUT2D eigenvalue weighted by atomic mass is 19.1. The van der Waals surface area contributed by atoms with Gasteiger partial charge in [0.2, 0.25) is 0 Å².